The molecule has 0 aromatic carbocycles. The fraction of sp³-hybridized carbons (Fsp3) is 0.500. The van der Waals surface area contributed by atoms with Crippen LogP contribution in [-0.2, 0) is 6.54 Å². The first-order valence-electron chi connectivity index (χ1n) is 5.06. The first kappa shape index (κ1) is 8.61. The average molecular weight is 175 g/mol. The van der Waals surface area contributed by atoms with E-state index in [2.05, 4.69) is 43.7 Å². The van der Waals surface area contributed by atoms with E-state index in [4.69, 9.17) is 0 Å². The first-order chi connectivity index (χ1) is 6.20. The second-order valence-electron chi connectivity index (χ2n) is 4.14. The van der Waals surface area contributed by atoms with E-state index in [1.165, 1.54) is 23.3 Å². The lowest BCUT2D eigenvalue weighted by Gasteiger charge is -2.20. The number of hydrogen-bond acceptors (Lipinski definition) is 0. The molecule has 0 aliphatic carbocycles. The van der Waals surface area contributed by atoms with Crippen LogP contribution in [-0.4, -0.2) is 4.57 Å². The topological polar surface area (TPSA) is 4.93 Å². The van der Waals surface area contributed by atoms with Crippen LogP contribution in [0, 0.1) is 12.8 Å². The molecule has 0 N–H and O–H groups in total. The second-order valence-corrected chi connectivity index (χ2v) is 4.14. The third-order valence-corrected chi connectivity index (χ3v) is 2.79. The molecule has 2 heterocycles. The van der Waals surface area contributed by atoms with Gasteiger partial charge >= 0.3 is 0 Å². The summed E-state index contributed by atoms with van der Waals surface area (Å²) < 4.78 is 2.38. The summed E-state index contributed by atoms with van der Waals surface area (Å²) in [7, 11) is 0. The molecule has 0 saturated heterocycles. The van der Waals surface area contributed by atoms with Crippen LogP contribution in [0.5, 0.6) is 0 Å². The standard InChI is InChI=1S/C12H17N/c1-9(2)11-5-4-7-13-8-6-10(3)12(11)13/h5-6,8-9H,4,7H2,1-3H3. The zero-order valence-electron chi connectivity index (χ0n) is 8.67. The first-order valence-corrected chi connectivity index (χ1v) is 5.06. The molecule has 0 amide bonds. The van der Waals surface area contributed by atoms with Gasteiger partial charge in [0.15, 0.2) is 0 Å². The van der Waals surface area contributed by atoms with Gasteiger partial charge in [0.2, 0.25) is 0 Å². The number of aryl methyl sites for hydroxylation is 2. The van der Waals surface area contributed by atoms with Crippen LogP contribution >= 0.6 is 0 Å². The van der Waals surface area contributed by atoms with Gasteiger partial charge in [-0.3, -0.25) is 0 Å². The molecule has 70 valence electrons. The quantitative estimate of drug-likeness (QED) is 0.617. The molecule has 1 aliphatic rings. The Morgan fingerprint density at radius 3 is 2.85 bits per heavy atom. The maximum Gasteiger partial charge on any atom is 0.0468 e. The molecule has 0 atom stereocenters. The predicted octanol–water partition coefficient (Wildman–Crippen LogP) is 3.24. The van der Waals surface area contributed by atoms with Gasteiger partial charge in [0, 0.05) is 18.4 Å². The van der Waals surface area contributed by atoms with E-state index in [1.807, 2.05) is 0 Å². The summed E-state index contributed by atoms with van der Waals surface area (Å²) in [6.45, 7) is 7.90. The van der Waals surface area contributed by atoms with Gasteiger partial charge < -0.3 is 4.57 Å². The summed E-state index contributed by atoms with van der Waals surface area (Å²) in [6.07, 6.45) is 5.79. The van der Waals surface area contributed by atoms with E-state index < -0.39 is 0 Å². The largest absolute Gasteiger partial charge is 0.347 e. The van der Waals surface area contributed by atoms with E-state index in [-0.39, 0.29) is 0 Å². The molecule has 0 saturated carbocycles. The monoisotopic (exact) mass is 175 g/mol. The summed E-state index contributed by atoms with van der Waals surface area (Å²) in [6, 6.07) is 2.22. The number of fused-ring (bicyclic) bond motifs is 1. The Balaban J connectivity index is 2.51. The molecule has 0 fully saturated rings. The normalized spacial score (nSPS) is 15.8. The van der Waals surface area contributed by atoms with Gasteiger partial charge in [0.05, 0.1) is 0 Å². The van der Waals surface area contributed by atoms with E-state index in [1.54, 1.807) is 0 Å². The van der Waals surface area contributed by atoms with Gasteiger partial charge in [-0.2, -0.15) is 0 Å². The summed E-state index contributed by atoms with van der Waals surface area (Å²) in [5, 5.41) is 0. The van der Waals surface area contributed by atoms with Crippen molar-refractivity contribution < 1.29 is 0 Å². The highest BCUT2D eigenvalue weighted by atomic mass is 15.0. The van der Waals surface area contributed by atoms with Crippen molar-refractivity contribution in [3.05, 3.63) is 29.6 Å². The van der Waals surface area contributed by atoms with Crippen molar-refractivity contribution in [1.29, 1.82) is 0 Å². The summed E-state index contributed by atoms with van der Waals surface area (Å²) in [5.41, 5.74) is 4.40. The fourth-order valence-corrected chi connectivity index (χ4v) is 2.13. The Morgan fingerprint density at radius 1 is 1.38 bits per heavy atom. The minimum absolute atomic E-state index is 0.646. The molecule has 1 nitrogen and oxygen atoms in total. The predicted molar refractivity (Wildman–Crippen MR) is 56.6 cm³/mol. The third-order valence-electron chi connectivity index (χ3n) is 2.79. The Bertz CT molecular complexity index is 342. The molecule has 0 spiro atoms. The molecular weight excluding hydrogens is 158 g/mol. The van der Waals surface area contributed by atoms with Crippen LogP contribution in [0.4, 0.5) is 0 Å². The number of allylic oxidation sites excluding steroid dienone is 2. The minimum atomic E-state index is 0.646. The fourth-order valence-electron chi connectivity index (χ4n) is 2.13. The molecule has 0 unspecified atom stereocenters. The van der Waals surface area contributed by atoms with Gasteiger partial charge in [-0.1, -0.05) is 19.9 Å². The Labute approximate surface area is 80.1 Å². The highest BCUT2D eigenvalue weighted by Crippen LogP contribution is 2.30. The SMILES string of the molecule is Cc1ccn2c1C(C(C)C)=CCC2. The van der Waals surface area contributed by atoms with E-state index in [0.29, 0.717) is 5.92 Å². The molecule has 0 bridgehead atoms. The number of nitrogens with zero attached hydrogens (tertiary/aromatic N) is 1. The maximum absolute atomic E-state index is 2.40. The lowest BCUT2D eigenvalue weighted by Crippen LogP contribution is -2.10. The van der Waals surface area contributed by atoms with Crippen molar-refractivity contribution in [2.75, 3.05) is 0 Å². The lowest BCUT2D eigenvalue weighted by atomic mass is 9.95. The van der Waals surface area contributed by atoms with Crippen LogP contribution in [0.2, 0.25) is 0 Å². The number of rotatable bonds is 1. The van der Waals surface area contributed by atoms with Crippen molar-refractivity contribution in [3.63, 3.8) is 0 Å². The van der Waals surface area contributed by atoms with E-state index in [9.17, 15) is 0 Å². The van der Waals surface area contributed by atoms with Crippen LogP contribution < -0.4 is 0 Å². The van der Waals surface area contributed by atoms with Crippen molar-refractivity contribution in [2.45, 2.75) is 33.7 Å². The van der Waals surface area contributed by atoms with Crippen LogP contribution in [0.3, 0.4) is 0 Å². The van der Waals surface area contributed by atoms with Crippen LogP contribution in [0.25, 0.3) is 5.57 Å². The summed E-state index contributed by atoms with van der Waals surface area (Å²) in [5.74, 6) is 0.646. The number of hydrogen-bond donors (Lipinski definition) is 0. The molecule has 1 aromatic rings. The molecule has 1 heteroatoms. The second kappa shape index (κ2) is 3.06. The summed E-state index contributed by atoms with van der Waals surface area (Å²) >= 11 is 0. The lowest BCUT2D eigenvalue weighted by molar-refractivity contribution is 0.669. The maximum atomic E-state index is 2.40. The molecule has 1 aromatic heterocycles. The molecular formula is C12H17N. The van der Waals surface area contributed by atoms with Gasteiger partial charge in [-0.15, -0.1) is 0 Å². The van der Waals surface area contributed by atoms with Gasteiger partial charge in [0.25, 0.3) is 0 Å². The van der Waals surface area contributed by atoms with Crippen molar-refractivity contribution in [1.82, 2.24) is 4.57 Å². The molecule has 13 heavy (non-hydrogen) atoms. The zero-order valence-corrected chi connectivity index (χ0v) is 8.67. The summed E-state index contributed by atoms with van der Waals surface area (Å²) in [4.78, 5) is 0. The minimum Gasteiger partial charge on any atom is -0.347 e. The van der Waals surface area contributed by atoms with Crippen molar-refractivity contribution in [3.8, 4) is 0 Å². The molecule has 0 radical (unpaired) electrons. The van der Waals surface area contributed by atoms with Crippen molar-refractivity contribution >= 4 is 5.57 Å². The van der Waals surface area contributed by atoms with Crippen LogP contribution in [0.15, 0.2) is 18.3 Å². The Morgan fingerprint density at radius 2 is 2.15 bits per heavy atom. The van der Waals surface area contributed by atoms with E-state index in [0.717, 1.165) is 6.54 Å². The van der Waals surface area contributed by atoms with Crippen molar-refractivity contribution in [2.24, 2.45) is 5.92 Å². The van der Waals surface area contributed by atoms with Crippen LogP contribution in [0.1, 0.15) is 31.5 Å². The van der Waals surface area contributed by atoms with Gasteiger partial charge in [0.1, 0.15) is 0 Å². The molecule has 1 aliphatic heterocycles. The highest BCUT2D eigenvalue weighted by molar-refractivity contribution is 5.68. The van der Waals surface area contributed by atoms with Gasteiger partial charge in [-0.05, 0) is 36.5 Å². The third kappa shape index (κ3) is 1.32. The smallest absolute Gasteiger partial charge is 0.0468 e. The number of aromatic nitrogens is 1. The average Bonchev–Trinajstić information content (AvgIpc) is 2.48. The zero-order chi connectivity index (χ0) is 9.42. The Kier molecular flexibility index (Phi) is 2.03. The molecule has 2 rings (SSSR count). The Hall–Kier alpha value is -0.980. The van der Waals surface area contributed by atoms with E-state index >= 15 is 0 Å². The highest BCUT2D eigenvalue weighted by Gasteiger charge is 2.16. The van der Waals surface area contributed by atoms with Gasteiger partial charge in [-0.25, -0.2) is 0 Å².